The molecule has 3 N–H and O–H groups in total. The van der Waals surface area contributed by atoms with Crippen molar-refractivity contribution >= 4 is 11.8 Å². The highest BCUT2D eigenvalue weighted by Crippen LogP contribution is 2.50. The maximum atomic E-state index is 12.5. The van der Waals surface area contributed by atoms with Crippen LogP contribution in [0.1, 0.15) is 69.2 Å². The maximum Gasteiger partial charge on any atom is 0.306 e. The minimum atomic E-state index is -0.922. The molecule has 2 unspecified atom stereocenters. The van der Waals surface area contributed by atoms with Gasteiger partial charge in [0.2, 0.25) is 0 Å². The highest BCUT2D eigenvalue weighted by molar-refractivity contribution is 5.98. The zero-order chi connectivity index (χ0) is 26.1. The number of carbonyl (C=O) groups is 2. The first kappa shape index (κ1) is 25.0. The SMILES string of the molecule is COC(=O)CC(c1ccc(OC)cc1)c1c(O)c(C(C)=O)cc(C2OCc3cnc(C)c(O)c32)c1O. The molecule has 0 spiro atoms. The molecule has 0 radical (unpaired) electrons. The molecule has 0 saturated carbocycles. The van der Waals surface area contributed by atoms with Crippen LogP contribution in [0.15, 0.2) is 36.5 Å². The van der Waals surface area contributed by atoms with E-state index in [0.29, 0.717) is 28.1 Å². The Bertz CT molecular complexity index is 1330. The topological polar surface area (TPSA) is 135 Å². The Balaban J connectivity index is 1.96. The number of rotatable bonds is 7. The van der Waals surface area contributed by atoms with Crippen LogP contribution in [0.25, 0.3) is 0 Å². The molecule has 9 nitrogen and oxygen atoms in total. The Morgan fingerprint density at radius 2 is 1.81 bits per heavy atom. The minimum absolute atomic E-state index is 0.0180. The van der Waals surface area contributed by atoms with Gasteiger partial charge in [-0.1, -0.05) is 12.1 Å². The fourth-order valence-electron chi connectivity index (χ4n) is 4.54. The second-order valence-corrected chi connectivity index (χ2v) is 8.61. The average Bonchev–Trinajstić information content (AvgIpc) is 3.30. The largest absolute Gasteiger partial charge is 0.507 e. The van der Waals surface area contributed by atoms with Crippen LogP contribution in [0, 0.1) is 6.92 Å². The van der Waals surface area contributed by atoms with Gasteiger partial charge in [-0.2, -0.15) is 0 Å². The summed E-state index contributed by atoms with van der Waals surface area (Å²) in [7, 11) is 2.76. The van der Waals surface area contributed by atoms with Crippen LogP contribution in [0.2, 0.25) is 0 Å². The van der Waals surface area contributed by atoms with Crippen molar-refractivity contribution in [3.8, 4) is 23.0 Å². The molecule has 36 heavy (non-hydrogen) atoms. The van der Waals surface area contributed by atoms with E-state index in [2.05, 4.69) is 4.98 Å². The summed E-state index contributed by atoms with van der Waals surface area (Å²) in [5.41, 5.74) is 2.14. The first-order valence-electron chi connectivity index (χ1n) is 11.3. The Morgan fingerprint density at radius 3 is 2.42 bits per heavy atom. The van der Waals surface area contributed by atoms with Crippen molar-refractivity contribution in [1.82, 2.24) is 4.98 Å². The second-order valence-electron chi connectivity index (χ2n) is 8.61. The molecule has 0 aliphatic carbocycles. The van der Waals surface area contributed by atoms with Crippen LogP contribution in [-0.4, -0.2) is 46.3 Å². The number of phenols is 2. The number of benzene rings is 2. The molecule has 1 aliphatic heterocycles. The van der Waals surface area contributed by atoms with Gasteiger partial charge in [-0.25, -0.2) is 0 Å². The number of pyridine rings is 1. The number of hydrogen-bond donors (Lipinski definition) is 3. The number of esters is 1. The first-order chi connectivity index (χ1) is 17.2. The summed E-state index contributed by atoms with van der Waals surface area (Å²) in [6, 6.07) is 8.14. The number of ether oxygens (including phenoxy) is 3. The molecule has 2 aromatic carbocycles. The van der Waals surface area contributed by atoms with Gasteiger partial charge in [0.15, 0.2) is 5.78 Å². The van der Waals surface area contributed by atoms with Gasteiger partial charge in [0.25, 0.3) is 0 Å². The van der Waals surface area contributed by atoms with E-state index in [4.69, 9.17) is 14.2 Å². The molecule has 2 atom stereocenters. The lowest BCUT2D eigenvalue weighted by atomic mass is 9.83. The number of aromatic nitrogens is 1. The maximum absolute atomic E-state index is 12.5. The van der Waals surface area contributed by atoms with Gasteiger partial charge in [-0.3, -0.25) is 14.6 Å². The van der Waals surface area contributed by atoms with E-state index >= 15 is 0 Å². The molecule has 188 valence electrons. The van der Waals surface area contributed by atoms with E-state index in [-0.39, 0.29) is 41.2 Å². The van der Waals surface area contributed by atoms with Gasteiger partial charge in [-0.05, 0) is 37.6 Å². The molecule has 0 fully saturated rings. The van der Waals surface area contributed by atoms with Crippen molar-refractivity contribution in [1.29, 1.82) is 0 Å². The first-order valence-corrected chi connectivity index (χ1v) is 11.3. The summed E-state index contributed by atoms with van der Waals surface area (Å²) in [5.74, 6) is -2.18. The molecular formula is C27H27NO8. The number of carbonyl (C=O) groups excluding carboxylic acids is 2. The number of ketones is 1. The number of Topliss-reactive ketones (excluding diaryl/α,β-unsaturated/α-hetero) is 1. The summed E-state index contributed by atoms with van der Waals surface area (Å²) in [6.45, 7) is 3.07. The van der Waals surface area contributed by atoms with E-state index in [0.717, 1.165) is 0 Å². The van der Waals surface area contributed by atoms with Crippen molar-refractivity contribution in [3.63, 3.8) is 0 Å². The smallest absolute Gasteiger partial charge is 0.306 e. The third-order valence-electron chi connectivity index (χ3n) is 6.49. The van der Waals surface area contributed by atoms with E-state index in [1.165, 1.54) is 27.2 Å². The number of methoxy groups -OCH3 is 2. The van der Waals surface area contributed by atoms with Crippen molar-refractivity contribution < 1.29 is 39.1 Å². The summed E-state index contributed by atoms with van der Waals surface area (Å²) in [5, 5.41) is 33.4. The van der Waals surface area contributed by atoms with Gasteiger partial charge >= 0.3 is 5.97 Å². The second kappa shape index (κ2) is 9.87. The predicted molar refractivity (Wildman–Crippen MR) is 129 cm³/mol. The summed E-state index contributed by atoms with van der Waals surface area (Å²) >= 11 is 0. The van der Waals surface area contributed by atoms with Crippen LogP contribution < -0.4 is 4.74 Å². The standard InChI is InChI=1S/C27H27NO8/c1-13-24(31)22-16(11-28-13)12-36-27(22)20-9-18(14(2)29)25(32)23(26(20)33)19(10-21(30)35-4)15-5-7-17(34-3)8-6-15/h5-9,11,19,27,31-33H,10,12H2,1-4H3. The molecule has 9 heteroatoms. The fourth-order valence-corrected chi connectivity index (χ4v) is 4.54. The van der Waals surface area contributed by atoms with E-state index in [9.17, 15) is 24.9 Å². The van der Waals surface area contributed by atoms with E-state index in [1.54, 1.807) is 37.4 Å². The molecule has 0 amide bonds. The quantitative estimate of drug-likeness (QED) is 0.329. The van der Waals surface area contributed by atoms with Gasteiger partial charge in [0.1, 0.15) is 29.1 Å². The Kier molecular flexibility index (Phi) is 6.85. The number of aromatic hydroxyl groups is 3. The molecular weight excluding hydrogens is 466 g/mol. The monoisotopic (exact) mass is 493 g/mol. The van der Waals surface area contributed by atoms with Crippen LogP contribution in [0.3, 0.4) is 0 Å². The highest BCUT2D eigenvalue weighted by atomic mass is 16.5. The Hall–Kier alpha value is -4.11. The van der Waals surface area contributed by atoms with Crippen LogP contribution in [-0.2, 0) is 20.9 Å². The minimum Gasteiger partial charge on any atom is -0.507 e. The lowest BCUT2D eigenvalue weighted by molar-refractivity contribution is -0.140. The van der Waals surface area contributed by atoms with Crippen molar-refractivity contribution in [2.24, 2.45) is 0 Å². The fraction of sp³-hybridized carbons (Fsp3) is 0.296. The predicted octanol–water partition coefficient (Wildman–Crippen LogP) is 4.03. The lowest BCUT2D eigenvalue weighted by Crippen LogP contribution is -2.13. The molecule has 1 aromatic heterocycles. The highest BCUT2D eigenvalue weighted by Gasteiger charge is 2.36. The molecule has 3 aromatic rings. The number of nitrogens with zero attached hydrogens (tertiary/aromatic N) is 1. The summed E-state index contributed by atoms with van der Waals surface area (Å²) in [6.07, 6.45) is 0.446. The normalized spacial score (nSPS) is 15.3. The van der Waals surface area contributed by atoms with Gasteiger partial charge in [-0.15, -0.1) is 0 Å². The van der Waals surface area contributed by atoms with Crippen LogP contribution in [0.4, 0.5) is 0 Å². The number of fused-ring (bicyclic) bond motifs is 1. The zero-order valence-corrected chi connectivity index (χ0v) is 20.4. The van der Waals surface area contributed by atoms with Gasteiger partial charge in [0.05, 0.1) is 38.5 Å². The van der Waals surface area contributed by atoms with Crippen LogP contribution in [0.5, 0.6) is 23.0 Å². The molecule has 0 saturated heterocycles. The number of hydrogen-bond acceptors (Lipinski definition) is 9. The van der Waals surface area contributed by atoms with Crippen molar-refractivity contribution in [2.75, 3.05) is 14.2 Å². The number of aryl methyl sites for hydroxylation is 1. The Labute approximate surface area is 207 Å². The van der Waals surface area contributed by atoms with Crippen LogP contribution >= 0.6 is 0 Å². The third-order valence-corrected chi connectivity index (χ3v) is 6.49. The van der Waals surface area contributed by atoms with E-state index in [1.807, 2.05) is 0 Å². The molecule has 2 heterocycles. The average molecular weight is 494 g/mol. The van der Waals surface area contributed by atoms with Gasteiger partial charge in [0, 0.05) is 34.4 Å². The van der Waals surface area contributed by atoms with E-state index < -0.39 is 29.5 Å². The third kappa shape index (κ3) is 4.33. The van der Waals surface area contributed by atoms with Crippen molar-refractivity contribution in [2.45, 2.75) is 38.9 Å². The lowest BCUT2D eigenvalue weighted by Gasteiger charge is -2.24. The summed E-state index contributed by atoms with van der Waals surface area (Å²) < 4.78 is 16.0. The Morgan fingerprint density at radius 1 is 1.11 bits per heavy atom. The van der Waals surface area contributed by atoms with Gasteiger partial charge < -0.3 is 29.5 Å². The molecule has 0 bridgehead atoms. The number of phenolic OH excluding ortho intramolecular Hbond substituents is 2. The van der Waals surface area contributed by atoms with Crippen molar-refractivity contribution in [3.05, 3.63) is 75.6 Å². The molecule has 1 aliphatic rings. The zero-order valence-electron chi connectivity index (χ0n) is 20.4. The molecule has 4 rings (SSSR count). The summed E-state index contributed by atoms with van der Waals surface area (Å²) in [4.78, 5) is 29.1.